The fourth-order valence-electron chi connectivity index (χ4n) is 1.70. The maximum absolute atomic E-state index is 10.6. The number of para-hydroxylation sites is 1. The Morgan fingerprint density at radius 1 is 1.17 bits per heavy atom. The standard InChI is InChI=1S/C13H10ClNO3/c1-18-13-5-3-2-4-11(13)10-7-6-9(15(16)17)8-12(10)14/h2-8H,1H3. The van der Waals surface area contributed by atoms with Gasteiger partial charge in [0, 0.05) is 23.3 Å². The summed E-state index contributed by atoms with van der Waals surface area (Å²) < 4.78 is 5.24. The molecule has 0 spiro atoms. The summed E-state index contributed by atoms with van der Waals surface area (Å²) in [5, 5.41) is 11.0. The molecule has 0 aliphatic heterocycles. The van der Waals surface area contributed by atoms with E-state index in [1.807, 2.05) is 24.3 Å². The topological polar surface area (TPSA) is 52.4 Å². The molecule has 0 aliphatic carbocycles. The van der Waals surface area contributed by atoms with Gasteiger partial charge in [-0.2, -0.15) is 0 Å². The van der Waals surface area contributed by atoms with Crippen LogP contribution in [0.15, 0.2) is 42.5 Å². The van der Waals surface area contributed by atoms with Crippen molar-refractivity contribution in [2.75, 3.05) is 7.11 Å². The summed E-state index contributed by atoms with van der Waals surface area (Å²) in [6, 6.07) is 11.8. The minimum Gasteiger partial charge on any atom is -0.496 e. The first-order chi connectivity index (χ1) is 8.63. The lowest BCUT2D eigenvalue weighted by molar-refractivity contribution is -0.384. The highest BCUT2D eigenvalue weighted by Crippen LogP contribution is 2.36. The Hall–Kier alpha value is -2.07. The van der Waals surface area contributed by atoms with Crippen molar-refractivity contribution >= 4 is 17.3 Å². The van der Waals surface area contributed by atoms with Gasteiger partial charge in [0.15, 0.2) is 0 Å². The Morgan fingerprint density at radius 3 is 2.50 bits per heavy atom. The number of nitro benzene ring substituents is 1. The van der Waals surface area contributed by atoms with Gasteiger partial charge in [-0.15, -0.1) is 0 Å². The lowest BCUT2D eigenvalue weighted by atomic mass is 10.0. The van der Waals surface area contributed by atoms with Crippen LogP contribution in [0, 0.1) is 10.1 Å². The molecule has 2 aromatic carbocycles. The Labute approximate surface area is 109 Å². The summed E-state index contributed by atoms with van der Waals surface area (Å²) in [6.45, 7) is 0. The molecule has 0 N–H and O–H groups in total. The fourth-order valence-corrected chi connectivity index (χ4v) is 1.98. The van der Waals surface area contributed by atoms with E-state index in [0.717, 1.165) is 5.56 Å². The summed E-state index contributed by atoms with van der Waals surface area (Å²) in [6.07, 6.45) is 0. The molecular formula is C13H10ClNO3. The van der Waals surface area contributed by atoms with Crippen molar-refractivity contribution in [1.29, 1.82) is 0 Å². The van der Waals surface area contributed by atoms with E-state index < -0.39 is 4.92 Å². The van der Waals surface area contributed by atoms with Crippen molar-refractivity contribution in [1.82, 2.24) is 0 Å². The predicted molar refractivity (Wildman–Crippen MR) is 70.1 cm³/mol. The predicted octanol–water partition coefficient (Wildman–Crippen LogP) is 3.92. The van der Waals surface area contributed by atoms with E-state index in [9.17, 15) is 10.1 Å². The van der Waals surface area contributed by atoms with Gasteiger partial charge in [-0.25, -0.2) is 0 Å². The van der Waals surface area contributed by atoms with E-state index in [-0.39, 0.29) is 5.69 Å². The molecule has 92 valence electrons. The lowest BCUT2D eigenvalue weighted by Crippen LogP contribution is -1.91. The first-order valence-electron chi connectivity index (χ1n) is 5.21. The number of hydrogen-bond acceptors (Lipinski definition) is 3. The van der Waals surface area contributed by atoms with Crippen LogP contribution in [0.5, 0.6) is 5.75 Å². The first kappa shape index (κ1) is 12.4. The van der Waals surface area contributed by atoms with Crippen LogP contribution in [0.25, 0.3) is 11.1 Å². The van der Waals surface area contributed by atoms with Gasteiger partial charge >= 0.3 is 0 Å². The molecule has 0 heterocycles. The molecule has 18 heavy (non-hydrogen) atoms. The number of rotatable bonds is 3. The van der Waals surface area contributed by atoms with Gasteiger partial charge in [0.25, 0.3) is 5.69 Å². The molecule has 2 aromatic rings. The molecule has 0 saturated heterocycles. The molecule has 0 aromatic heterocycles. The molecule has 0 radical (unpaired) electrons. The van der Waals surface area contributed by atoms with Crippen LogP contribution >= 0.6 is 11.6 Å². The summed E-state index contributed by atoms with van der Waals surface area (Å²) in [7, 11) is 1.57. The van der Waals surface area contributed by atoms with Gasteiger partial charge in [-0.1, -0.05) is 29.8 Å². The Bertz CT molecular complexity index is 599. The van der Waals surface area contributed by atoms with Crippen LogP contribution in [0.4, 0.5) is 5.69 Å². The number of non-ortho nitro benzene ring substituents is 1. The molecule has 0 bridgehead atoms. The van der Waals surface area contributed by atoms with E-state index in [1.54, 1.807) is 13.2 Å². The summed E-state index contributed by atoms with van der Waals surface area (Å²) >= 11 is 6.08. The third-order valence-corrected chi connectivity index (χ3v) is 2.87. The molecule has 0 unspecified atom stereocenters. The Morgan fingerprint density at radius 2 is 1.89 bits per heavy atom. The second kappa shape index (κ2) is 5.06. The van der Waals surface area contributed by atoms with Crippen LogP contribution in [-0.4, -0.2) is 12.0 Å². The van der Waals surface area contributed by atoms with Gasteiger partial charge in [-0.05, 0) is 12.1 Å². The normalized spacial score (nSPS) is 10.1. The smallest absolute Gasteiger partial charge is 0.270 e. The van der Waals surface area contributed by atoms with Gasteiger partial charge in [-0.3, -0.25) is 10.1 Å². The zero-order valence-electron chi connectivity index (χ0n) is 9.59. The number of methoxy groups -OCH3 is 1. The third kappa shape index (κ3) is 2.28. The molecule has 4 nitrogen and oxygen atoms in total. The van der Waals surface area contributed by atoms with Crippen LogP contribution in [-0.2, 0) is 0 Å². The first-order valence-corrected chi connectivity index (χ1v) is 5.58. The van der Waals surface area contributed by atoms with Crippen molar-refractivity contribution in [3.05, 3.63) is 57.6 Å². The summed E-state index contributed by atoms with van der Waals surface area (Å²) in [4.78, 5) is 10.2. The highest BCUT2D eigenvalue weighted by atomic mass is 35.5. The maximum Gasteiger partial charge on any atom is 0.270 e. The average molecular weight is 264 g/mol. The minimum atomic E-state index is -0.474. The zero-order chi connectivity index (χ0) is 13.1. The zero-order valence-corrected chi connectivity index (χ0v) is 10.3. The molecule has 0 atom stereocenters. The van der Waals surface area contributed by atoms with E-state index in [2.05, 4.69) is 0 Å². The van der Waals surface area contributed by atoms with Crippen LogP contribution < -0.4 is 4.74 Å². The molecule has 0 fully saturated rings. The number of nitrogens with zero attached hydrogens (tertiary/aromatic N) is 1. The highest BCUT2D eigenvalue weighted by Gasteiger charge is 2.13. The number of ether oxygens (including phenoxy) is 1. The van der Waals surface area contributed by atoms with Crippen molar-refractivity contribution in [2.24, 2.45) is 0 Å². The summed E-state index contributed by atoms with van der Waals surface area (Å²) in [5.74, 6) is 0.674. The monoisotopic (exact) mass is 263 g/mol. The molecule has 5 heteroatoms. The fraction of sp³-hybridized carbons (Fsp3) is 0.0769. The van der Waals surface area contributed by atoms with Crippen LogP contribution in [0.2, 0.25) is 5.02 Å². The van der Waals surface area contributed by atoms with E-state index >= 15 is 0 Å². The number of hydrogen-bond donors (Lipinski definition) is 0. The van der Waals surface area contributed by atoms with Gasteiger partial charge in [0.1, 0.15) is 5.75 Å². The Balaban J connectivity index is 2.54. The van der Waals surface area contributed by atoms with Gasteiger partial charge < -0.3 is 4.74 Å². The Kier molecular flexibility index (Phi) is 3.48. The third-order valence-electron chi connectivity index (χ3n) is 2.56. The highest BCUT2D eigenvalue weighted by molar-refractivity contribution is 6.33. The van der Waals surface area contributed by atoms with Crippen molar-refractivity contribution < 1.29 is 9.66 Å². The number of halogens is 1. The van der Waals surface area contributed by atoms with E-state index in [1.165, 1.54) is 12.1 Å². The largest absolute Gasteiger partial charge is 0.496 e. The second-order valence-corrected chi connectivity index (χ2v) is 4.03. The lowest BCUT2D eigenvalue weighted by Gasteiger charge is -2.09. The van der Waals surface area contributed by atoms with Crippen molar-refractivity contribution in [3.8, 4) is 16.9 Å². The van der Waals surface area contributed by atoms with Crippen LogP contribution in [0.1, 0.15) is 0 Å². The van der Waals surface area contributed by atoms with E-state index in [0.29, 0.717) is 16.3 Å². The minimum absolute atomic E-state index is 0.0290. The molecular weight excluding hydrogens is 254 g/mol. The molecule has 0 aliphatic rings. The SMILES string of the molecule is COc1ccccc1-c1ccc([N+](=O)[O-])cc1Cl. The maximum atomic E-state index is 10.6. The molecule has 0 amide bonds. The van der Waals surface area contributed by atoms with Gasteiger partial charge in [0.05, 0.1) is 17.1 Å². The number of nitro groups is 1. The van der Waals surface area contributed by atoms with E-state index in [4.69, 9.17) is 16.3 Å². The molecule has 2 rings (SSSR count). The quantitative estimate of drug-likeness (QED) is 0.623. The van der Waals surface area contributed by atoms with Gasteiger partial charge in [0.2, 0.25) is 0 Å². The summed E-state index contributed by atoms with van der Waals surface area (Å²) in [5.41, 5.74) is 1.48. The average Bonchev–Trinajstić information content (AvgIpc) is 2.38. The van der Waals surface area contributed by atoms with Crippen molar-refractivity contribution in [3.63, 3.8) is 0 Å². The van der Waals surface area contributed by atoms with Crippen molar-refractivity contribution in [2.45, 2.75) is 0 Å². The van der Waals surface area contributed by atoms with Crippen LogP contribution in [0.3, 0.4) is 0 Å². The number of benzene rings is 2. The second-order valence-electron chi connectivity index (χ2n) is 3.62. The molecule has 0 saturated carbocycles.